The van der Waals surface area contributed by atoms with Crippen molar-refractivity contribution < 1.29 is 57.4 Å². The number of hydrogen-bond donors (Lipinski definition) is 0. The molecule has 0 N–H and O–H groups in total. The van der Waals surface area contributed by atoms with Crippen molar-refractivity contribution in [3.8, 4) is 0 Å². The van der Waals surface area contributed by atoms with Gasteiger partial charge in [0.05, 0.1) is 0 Å². The highest BCUT2D eigenvalue weighted by molar-refractivity contribution is 5.05. The summed E-state index contributed by atoms with van der Waals surface area (Å²) in [6.45, 7) is 0. The molecular formula is C6F12O. The highest BCUT2D eigenvalue weighted by atomic mass is 19.4. The van der Waals surface area contributed by atoms with Crippen molar-refractivity contribution in [3.63, 3.8) is 0 Å². The van der Waals surface area contributed by atoms with Crippen LogP contribution in [0.4, 0.5) is 52.7 Å². The second kappa shape index (κ2) is 4.67. The molecule has 0 rings (SSSR count). The normalized spacial score (nSPS) is 14.3. The van der Waals surface area contributed by atoms with Crippen LogP contribution in [0, 0.1) is 0 Å². The van der Waals surface area contributed by atoms with Gasteiger partial charge < -0.3 is 4.74 Å². The first kappa shape index (κ1) is 17.7. The third kappa shape index (κ3) is 3.00. The van der Waals surface area contributed by atoms with Gasteiger partial charge in [-0.1, -0.05) is 0 Å². The van der Waals surface area contributed by atoms with Crippen LogP contribution in [0.5, 0.6) is 0 Å². The lowest BCUT2D eigenvalue weighted by molar-refractivity contribution is -0.453. The van der Waals surface area contributed by atoms with Crippen LogP contribution in [0.3, 0.4) is 0 Å². The highest BCUT2D eigenvalue weighted by Crippen LogP contribution is 2.55. The lowest BCUT2D eigenvalue weighted by Gasteiger charge is -2.37. The Hall–Kier alpha value is -1.30. The molecule has 0 amide bonds. The van der Waals surface area contributed by atoms with E-state index in [2.05, 4.69) is 0 Å². The van der Waals surface area contributed by atoms with E-state index in [1.165, 1.54) is 0 Å². The van der Waals surface area contributed by atoms with Gasteiger partial charge in [-0.25, -0.2) is 0 Å². The Morgan fingerprint density at radius 2 is 0.842 bits per heavy atom. The molecule has 0 heterocycles. The molecule has 0 saturated heterocycles. The van der Waals surface area contributed by atoms with E-state index in [9.17, 15) is 52.7 Å². The van der Waals surface area contributed by atoms with Gasteiger partial charge in [0.1, 0.15) is 0 Å². The van der Waals surface area contributed by atoms with Crippen LogP contribution >= 0.6 is 0 Å². The first-order valence-corrected chi connectivity index (χ1v) is 3.68. The summed E-state index contributed by atoms with van der Waals surface area (Å²) in [5.74, 6) is 0. The Labute approximate surface area is 95.0 Å². The van der Waals surface area contributed by atoms with E-state index in [1.807, 2.05) is 4.74 Å². The predicted octanol–water partition coefficient (Wildman–Crippen LogP) is 4.46. The molecule has 0 aromatic carbocycles. The van der Waals surface area contributed by atoms with Crippen molar-refractivity contribution in [2.75, 3.05) is 0 Å². The van der Waals surface area contributed by atoms with Crippen LogP contribution in [0.1, 0.15) is 0 Å². The molecule has 13 heteroatoms. The zero-order valence-corrected chi connectivity index (χ0v) is 7.94. The Balaban J connectivity index is 6.21. The molecule has 0 aliphatic heterocycles. The van der Waals surface area contributed by atoms with E-state index >= 15 is 0 Å². The monoisotopic (exact) mass is 316 g/mol. The molecule has 0 saturated carbocycles. The summed E-state index contributed by atoms with van der Waals surface area (Å²) >= 11 is 0. The van der Waals surface area contributed by atoms with E-state index in [-0.39, 0.29) is 0 Å². The van der Waals surface area contributed by atoms with Crippen molar-refractivity contribution in [2.45, 2.75) is 24.1 Å². The summed E-state index contributed by atoms with van der Waals surface area (Å²) in [5, 5.41) is 0. The minimum Gasteiger partial charge on any atom is -0.433 e. The maximum absolute atomic E-state index is 12.0. The Morgan fingerprint density at radius 3 is 1.00 bits per heavy atom. The zero-order chi connectivity index (χ0) is 15.9. The predicted molar refractivity (Wildman–Crippen MR) is 32.3 cm³/mol. The number of ether oxygens (including phenoxy) is 1. The molecule has 114 valence electrons. The quantitative estimate of drug-likeness (QED) is 0.540. The largest absolute Gasteiger partial charge is 0.447 e. The van der Waals surface area contributed by atoms with Crippen LogP contribution in [0.15, 0.2) is 12.1 Å². The van der Waals surface area contributed by atoms with Crippen LogP contribution in [-0.4, -0.2) is 24.1 Å². The lowest BCUT2D eigenvalue weighted by atomic mass is 10.0. The highest BCUT2D eigenvalue weighted by Gasteiger charge is 2.87. The molecule has 0 aliphatic rings. The Kier molecular flexibility index (Phi) is 4.35. The molecule has 19 heavy (non-hydrogen) atoms. The van der Waals surface area contributed by atoms with Crippen LogP contribution in [-0.2, 0) is 4.74 Å². The van der Waals surface area contributed by atoms with Gasteiger partial charge in [-0.05, 0) is 0 Å². The summed E-state index contributed by atoms with van der Waals surface area (Å²) in [6, 6.07) is -3.94. The van der Waals surface area contributed by atoms with Crippen molar-refractivity contribution in [1.29, 1.82) is 0 Å². The summed E-state index contributed by atoms with van der Waals surface area (Å²) in [6.07, 6.45) is -25.8. The number of rotatable bonds is 2. The van der Waals surface area contributed by atoms with Crippen LogP contribution in [0.2, 0.25) is 0 Å². The van der Waals surface area contributed by atoms with Gasteiger partial charge in [-0.15, -0.1) is 0 Å². The van der Waals surface area contributed by atoms with Gasteiger partial charge in [-0.2, -0.15) is 52.7 Å². The van der Waals surface area contributed by atoms with E-state index < -0.39 is 36.2 Å². The molecule has 0 spiro atoms. The zero-order valence-electron chi connectivity index (χ0n) is 7.94. The lowest BCUT2D eigenvalue weighted by Crippen LogP contribution is -2.67. The molecule has 0 aromatic rings. The molecule has 0 atom stereocenters. The fourth-order valence-corrected chi connectivity index (χ4v) is 0.829. The molecule has 0 unspecified atom stereocenters. The molecule has 0 aliphatic carbocycles. The van der Waals surface area contributed by atoms with E-state index in [4.69, 9.17) is 0 Å². The van der Waals surface area contributed by atoms with Gasteiger partial charge in [0.15, 0.2) is 0 Å². The number of halogens is 12. The summed E-state index contributed by atoms with van der Waals surface area (Å²) < 4.78 is 145. The van der Waals surface area contributed by atoms with Crippen molar-refractivity contribution >= 4 is 0 Å². The van der Waals surface area contributed by atoms with Gasteiger partial charge in [0.2, 0.25) is 0 Å². The SMILES string of the molecule is FC(F)=C(F)OC(C(F)(F)F)(C(F)(F)F)C(F)(F)F. The Morgan fingerprint density at radius 1 is 0.579 bits per heavy atom. The van der Waals surface area contributed by atoms with E-state index in [0.29, 0.717) is 0 Å². The first-order valence-electron chi connectivity index (χ1n) is 3.68. The third-order valence-electron chi connectivity index (χ3n) is 1.59. The third-order valence-corrected chi connectivity index (χ3v) is 1.59. The second-order valence-corrected chi connectivity index (χ2v) is 2.81. The molecule has 1 nitrogen and oxygen atoms in total. The van der Waals surface area contributed by atoms with Gasteiger partial charge >= 0.3 is 36.2 Å². The van der Waals surface area contributed by atoms with Gasteiger partial charge in [0, 0.05) is 0 Å². The van der Waals surface area contributed by atoms with Gasteiger partial charge in [-0.3, -0.25) is 0 Å². The average molecular weight is 316 g/mol. The van der Waals surface area contributed by atoms with Crippen molar-refractivity contribution in [2.24, 2.45) is 0 Å². The van der Waals surface area contributed by atoms with Gasteiger partial charge in [0.25, 0.3) is 0 Å². The summed E-state index contributed by atoms with van der Waals surface area (Å²) in [4.78, 5) is 0. The van der Waals surface area contributed by atoms with Crippen molar-refractivity contribution in [1.82, 2.24) is 0 Å². The maximum atomic E-state index is 12.0. The van der Waals surface area contributed by atoms with E-state index in [0.717, 1.165) is 0 Å². The molecule has 0 aromatic heterocycles. The Bertz CT molecular complexity index is 316. The average Bonchev–Trinajstić information content (AvgIpc) is 2.06. The number of hydrogen-bond acceptors (Lipinski definition) is 1. The maximum Gasteiger partial charge on any atom is 0.447 e. The molecule has 0 fully saturated rings. The fourth-order valence-electron chi connectivity index (χ4n) is 0.829. The second-order valence-electron chi connectivity index (χ2n) is 2.81. The molecule has 0 bridgehead atoms. The molecular weight excluding hydrogens is 316 g/mol. The fraction of sp³-hybridized carbons (Fsp3) is 0.667. The summed E-state index contributed by atoms with van der Waals surface area (Å²) in [7, 11) is 0. The first-order chi connectivity index (χ1) is 8.08. The topological polar surface area (TPSA) is 9.23 Å². The minimum atomic E-state index is -7.28. The summed E-state index contributed by atoms with van der Waals surface area (Å²) in [5.41, 5.74) is -7.10. The van der Waals surface area contributed by atoms with Crippen LogP contribution < -0.4 is 0 Å². The number of alkyl halides is 9. The van der Waals surface area contributed by atoms with E-state index in [1.54, 1.807) is 0 Å². The van der Waals surface area contributed by atoms with Crippen molar-refractivity contribution in [3.05, 3.63) is 12.1 Å². The minimum absolute atomic E-state index is 1.88. The molecule has 0 radical (unpaired) electrons. The standard InChI is InChI=1S/C6F12O/c7-1(8)2(9)19-3(4(10,11)12,5(13,14)15)6(16,17)18. The van der Waals surface area contributed by atoms with Crippen LogP contribution in [0.25, 0.3) is 0 Å². The smallest absolute Gasteiger partial charge is 0.433 e.